The molecule has 1 N–H and O–H groups in total. The Morgan fingerprint density at radius 3 is 0.962 bits per heavy atom. The maximum absolute atomic E-state index is 10.3. The van der Waals surface area contributed by atoms with Crippen LogP contribution < -0.4 is 34.7 Å². The standard InChI is InChI=1S/C22H44O3.Na/c23-21-19-17-15-13-11-9-7-5-3-1-2-4-6-8-10-12-14-16-18-20-22(24)25;/h23H,1-21H2,(H,24,25);/q;+1/p-1. The zero-order valence-electron chi connectivity index (χ0n) is 17.6. The second kappa shape index (κ2) is 25.4. The van der Waals surface area contributed by atoms with E-state index in [1.165, 1.54) is 103 Å². The largest absolute Gasteiger partial charge is 1.00 e. The van der Waals surface area contributed by atoms with Crippen LogP contribution in [0.1, 0.15) is 128 Å². The van der Waals surface area contributed by atoms with E-state index in [1.807, 2.05) is 0 Å². The Balaban J connectivity index is 0. The molecule has 0 aliphatic carbocycles. The fraction of sp³-hybridized carbons (Fsp3) is 0.955. The third-order valence-corrected chi connectivity index (χ3v) is 5.04. The van der Waals surface area contributed by atoms with Crippen molar-refractivity contribution in [3.05, 3.63) is 0 Å². The molecule has 0 heterocycles. The fourth-order valence-corrected chi connectivity index (χ4v) is 3.39. The Kier molecular flexibility index (Phi) is 28.0. The molecule has 0 saturated heterocycles. The topological polar surface area (TPSA) is 60.4 Å². The van der Waals surface area contributed by atoms with Crippen molar-refractivity contribution in [2.24, 2.45) is 0 Å². The van der Waals surface area contributed by atoms with Gasteiger partial charge in [-0.1, -0.05) is 109 Å². The predicted octanol–water partition coefficient (Wildman–Crippen LogP) is 2.53. The molecule has 0 rings (SSSR count). The Morgan fingerprint density at radius 2 is 0.731 bits per heavy atom. The van der Waals surface area contributed by atoms with Crippen LogP contribution in [0.15, 0.2) is 0 Å². The fourth-order valence-electron chi connectivity index (χ4n) is 3.39. The van der Waals surface area contributed by atoms with E-state index in [9.17, 15) is 9.90 Å². The first kappa shape index (κ1) is 28.6. The van der Waals surface area contributed by atoms with Crippen LogP contribution >= 0.6 is 0 Å². The van der Waals surface area contributed by atoms with E-state index >= 15 is 0 Å². The van der Waals surface area contributed by atoms with Gasteiger partial charge in [-0.15, -0.1) is 0 Å². The van der Waals surface area contributed by atoms with Gasteiger partial charge in [0.2, 0.25) is 0 Å². The molecule has 0 aliphatic heterocycles. The van der Waals surface area contributed by atoms with Gasteiger partial charge in [0.1, 0.15) is 0 Å². The van der Waals surface area contributed by atoms with E-state index < -0.39 is 5.97 Å². The SMILES string of the molecule is O=C([O-])CCCCCCCCCCCCCCCCCCCCCO.[Na+]. The second-order valence-electron chi connectivity index (χ2n) is 7.56. The summed E-state index contributed by atoms with van der Waals surface area (Å²) in [4.78, 5) is 10.3. The third-order valence-electron chi connectivity index (χ3n) is 5.04. The first-order chi connectivity index (χ1) is 12.3. The molecule has 0 aromatic rings. The smallest absolute Gasteiger partial charge is 0.550 e. The van der Waals surface area contributed by atoms with Crippen molar-refractivity contribution in [3.8, 4) is 0 Å². The van der Waals surface area contributed by atoms with Crippen LogP contribution in [-0.4, -0.2) is 17.7 Å². The minimum atomic E-state index is -0.908. The molecule has 0 aromatic heterocycles. The summed E-state index contributed by atoms with van der Waals surface area (Å²) in [6, 6.07) is 0. The summed E-state index contributed by atoms with van der Waals surface area (Å²) < 4.78 is 0. The molecular weight excluding hydrogens is 335 g/mol. The molecule has 0 spiro atoms. The van der Waals surface area contributed by atoms with Crippen LogP contribution in [0.2, 0.25) is 0 Å². The van der Waals surface area contributed by atoms with Gasteiger partial charge in [-0.3, -0.25) is 0 Å². The summed E-state index contributed by atoms with van der Waals surface area (Å²) in [7, 11) is 0. The number of aliphatic carboxylic acids is 1. The van der Waals surface area contributed by atoms with Crippen LogP contribution in [0, 0.1) is 0 Å². The Labute approximate surface area is 185 Å². The number of carbonyl (C=O) groups excluding carboxylic acids is 1. The average Bonchev–Trinajstić information content (AvgIpc) is 2.60. The monoisotopic (exact) mass is 378 g/mol. The number of carbonyl (C=O) groups is 1. The summed E-state index contributed by atoms with van der Waals surface area (Å²) in [6.07, 6.45) is 24.5. The first-order valence-electron chi connectivity index (χ1n) is 11.1. The van der Waals surface area contributed by atoms with Crippen LogP contribution in [0.25, 0.3) is 0 Å². The van der Waals surface area contributed by atoms with E-state index in [-0.39, 0.29) is 36.0 Å². The van der Waals surface area contributed by atoms with Gasteiger partial charge in [0.15, 0.2) is 0 Å². The second-order valence-corrected chi connectivity index (χ2v) is 7.56. The molecular formula is C22H43NaO3. The maximum atomic E-state index is 10.3. The molecule has 0 aromatic carbocycles. The summed E-state index contributed by atoms with van der Waals surface area (Å²) in [5.74, 6) is -0.908. The minimum Gasteiger partial charge on any atom is -0.550 e. The maximum Gasteiger partial charge on any atom is 1.00 e. The van der Waals surface area contributed by atoms with Gasteiger partial charge < -0.3 is 15.0 Å². The molecule has 150 valence electrons. The van der Waals surface area contributed by atoms with Gasteiger partial charge in [0.05, 0.1) is 0 Å². The van der Waals surface area contributed by atoms with Crippen LogP contribution in [-0.2, 0) is 4.79 Å². The molecule has 0 fully saturated rings. The molecule has 0 amide bonds. The van der Waals surface area contributed by atoms with Crippen molar-refractivity contribution in [2.75, 3.05) is 6.61 Å². The number of rotatable bonds is 21. The van der Waals surface area contributed by atoms with E-state index in [0.717, 1.165) is 19.3 Å². The predicted molar refractivity (Wildman–Crippen MR) is 104 cm³/mol. The minimum absolute atomic E-state index is 0. The normalized spacial score (nSPS) is 10.7. The number of carboxylic acid groups (broad SMARTS) is 1. The van der Waals surface area contributed by atoms with Gasteiger partial charge in [0, 0.05) is 12.6 Å². The Morgan fingerprint density at radius 1 is 0.500 bits per heavy atom. The molecule has 0 unspecified atom stereocenters. The van der Waals surface area contributed by atoms with E-state index in [0.29, 0.717) is 6.61 Å². The number of aliphatic hydroxyl groups excluding tert-OH is 1. The molecule has 0 atom stereocenters. The van der Waals surface area contributed by atoms with Gasteiger partial charge >= 0.3 is 29.6 Å². The molecule has 26 heavy (non-hydrogen) atoms. The van der Waals surface area contributed by atoms with Crippen molar-refractivity contribution >= 4 is 5.97 Å². The van der Waals surface area contributed by atoms with Gasteiger partial charge in [-0.25, -0.2) is 0 Å². The van der Waals surface area contributed by atoms with Gasteiger partial charge in [-0.2, -0.15) is 0 Å². The average molecular weight is 379 g/mol. The molecule has 4 heteroatoms. The Bertz CT molecular complexity index is 272. The molecule has 0 saturated carbocycles. The van der Waals surface area contributed by atoms with Crippen molar-refractivity contribution in [1.82, 2.24) is 0 Å². The summed E-state index contributed by atoms with van der Waals surface area (Å²) in [6.45, 7) is 0.354. The summed E-state index contributed by atoms with van der Waals surface area (Å²) >= 11 is 0. The number of aliphatic hydroxyl groups is 1. The molecule has 0 bridgehead atoms. The first-order valence-corrected chi connectivity index (χ1v) is 11.1. The van der Waals surface area contributed by atoms with Crippen LogP contribution in [0.5, 0.6) is 0 Å². The molecule has 0 aliphatic rings. The van der Waals surface area contributed by atoms with Crippen LogP contribution in [0.4, 0.5) is 0 Å². The van der Waals surface area contributed by atoms with Crippen molar-refractivity contribution in [3.63, 3.8) is 0 Å². The summed E-state index contributed by atoms with van der Waals surface area (Å²) in [5.41, 5.74) is 0. The number of carboxylic acids is 1. The van der Waals surface area contributed by atoms with Crippen LogP contribution in [0.3, 0.4) is 0 Å². The third kappa shape index (κ3) is 26.7. The number of hydrogen-bond donors (Lipinski definition) is 1. The van der Waals surface area contributed by atoms with Crippen molar-refractivity contribution in [1.29, 1.82) is 0 Å². The van der Waals surface area contributed by atoms with Crippen molar-refractivity contribution in [2.45, 2.75) is 128 Å². The number of hydrogen-bond acceptors (Lipinski definition) is 3. The van der Waals surface area contributed by atoms with E-state index in [4.69, 9.17) is 5.11 Å². The Hall–Kier alpha value is 0.430. The summed E-state index contributed by atoms with van der Waals surface area (Å²) in [5, 5.41) is 19.0. The van der Waals surface area contributed by atoms with Gasteiger partial charge in [-0.05, 0) is 19.3 Å². The molecule has 3 nitrogen and oxygen atoms in total. The quantitative estimate of drug-likeness (QED) is 0.247. The van der Waals surface area contributed by atoms with Crippen molar-refractivity contribution < 1.29 is 44.6 Å². The van der Waals surface area contributed by atoms with E-state index in [1.54, 1.807) is 0 Å². The number of unbranched alkanes of at least 4 members (excludes halogenated alkanes) is 18. The molecule has 0 radical (unpaired) electrons. The zero-order valence-corrected chi connectivity index (χ0v) is 19.6. The van der Waals surface area contributed by atoms with E-state index in [2.05, 4.69) is 0 Å². The van der Waals surface area contributed by atoms with Gasteiger partial charge in [0.25, 0.3) is 0 Å². The zero-order chi connectivity index (χ0) is 18.4.